The SMILES string of the molecule is Cl.Cn1cc2c(n1)CCCC2N. The summed E-state index contributed by atoms with van der Waals surface area (Å²) in [5.74, 6) is 0. The first-order valence-corrected chi connectivity index (χ1v) is 4.05. The number of hydrogen-bond acceptors (Lipinski definition) is 2. The topological polar surface area (TPSA) is 43.8 Å². The second kappa shape index (κ2) is 3.46. The van der Waals surface area contributed by atoms with E-state index in [1.165, 1.54) is 17.7 Å². The van der Waals surface area contributed by atoms with Crippen LogP contribution in [0, 0.1) is 0 Å². The normalized spacial score (nSPS) is 21.3. The number of hydrogen-bond donors (Lipinski definition) is 1. The molecule has 0 amide bonds. The number of nitrogens with two attached hydrogens (primary N) is 1. The van der Waals surface area contributed by atoms with E-state index in [-0.39, 0.29) is 18.4 Å². The average molecular weight is 188 g/mol. The molecule has 0 radical (unpaired) electrons. The average Bonchev–Trinajstić information content (AvgIpc) is 2.31. The molecular weight excluding hydrogens is 174 g/mol. The van der Waals surface area contributed by atoms with E-state index in [0.29, 0.717) is 0 Å². The van der Waals surface area contributed by atoms with Crippen molar-refractivity contribution in [2.45, 2.75) is 25.3 Å². The van der Waals surface area contributed by atoms with Gasteiger partial charge in [0.15, 0.2) is 0 Å². The van der Waals surface area contributed by atoms with E-state index in [2.05, 4.69) is 5.10 Å². The molecule has 3 nitrogen and oxygen atoms in total. The highest BCUT2D eigenvalue weighted by molar-refractivity contribution is 5.85. The Morgan fingerprint density at radius 1 is 1.67 bits per heavy atom. The molecular formula is C8H14ClN3. The van der Waals surface area contributed by atoms with Crippen LogP contribution in [0.5, 0.6) is 0 Å². The smallest absolute Gasteiger partial charge is 0.0672 e. The summed E-state index contributed by atoms with van der Waals surface area (Å²) >= 11 is 0. The molecule has 0 aromatic carbocycles. The zero-order valence-electron chi connectivity index (χ0n) is 7.16. The summed E-state index contributed by atoms with van der Waals surface area (Å²) in [4.78, 5) is 0. The summed E-state index contributed by atoms with van der Waals surface area (Å²) in [7, 11) is 1.95. The molecule has 4 heteroatoms. The summed E-state index contributed by atoms with van der Waals surface area (Å²) in [6.45, 7) is 0. The first-order valence-electron chi connectivity index (χ1n) is 4.05. The minimum absolute atomic E-state index is 0. The third-order valence-electron chi connectivity index (χ3n) is 2.27. The summed E-state index contributed by atoms with van der Waals surface area (Å²) in [5, 5.41) is 4.34. The van der Waals surface area contributed by atoms with Crippen molar-refractivity contribution in [1.29, 1.82) is 0 Å². The molecule has 2 N–H and O–H groups in total. The predicted molar refractivity (Wildman–Crippen MR) is 50.3 cm³/mol. The van der Waals surface area contributed by atoms with Gasteiger partial charge in [-0.2, -0.15) is 5.10 Å². The molecule has 1 heterocycles. The van der Waals surface area contributed by atoms with Gasteiger partial charge in [0.05, 0.1) is 5.69 Å². The van der Waals surface area contributed by atoms with Crippen LogP contribution in [0.1, 0.15) is 30.1 Å². The molecule has 1 aromatic heterocycles. The largest absolute Gasteiger partial charge is 0.324 e. The van der Waals surface area contributed by atoms with E-state index in [4.69, 9.17) is 5.73 Å². The predicted octanol–water partition coefficient (Wildman–Crippen LogP) is 1.18. The van der Waals surface area contributed by atoms with Crippen LogP contribution in [-0.4, -0.2) is 9.78 Å². The van der Waals surface area contributed by atoms with Gasteiger partial charge in [-0.1, -0.05) is 0 Å². The van der Waals surface area contributed by atoms with Gasteiger partial charge in [0.25, 0.3) is 0 Å². The Hall–Kier alpha value is -0.540. The zero-order chi connectivity index (χ0) is 7.84. The minimum atomic E-state index is 0. The van der Waals surface area contributed by atoms with E-state index in [9.17, 15) is 0 Å². The lowest BCUT2D eigenvalue weighted by molar-refractivity contribution is 0.565. The number of halogens is 1. The maximum absolute atomic E-state index is 5.91. The first-order chi connectivity index (χ1) is 5.27. The molecule has 0 spiro atoms. The van der Waals surface area contributed by atoms with Crippen LogP contribution in [0.2, 0.25) is 0 Å². The van der Waals surface area contributed by atoms with Crippen LogP contribution in [0.3, 0.4) is 0 Å². The fraction of sp³-hybridized carbons (Fsp3) is 0.625. The van der Waals surface area contributed by atoms with Gasteiger partial charge in [0, 0.05) is 24.8 Å². The van der Waals surface area contributed by atoms with Crippen molar-refractivity contribution in [2.75, 3.05) is 0 Å². The maximum Gasteiger partial charge on any atom is 0.0672 e. The third kappa shape index (κ3) is 1.47. The van der Waals surface area contributed by atoms with Gasteiger partial charge < -0.3 is 5.73 Å². The molecule has 1 aromatic rings. The van der Waals surface area contributed by atoms with E-state index in [1.807, 2.05) is 17.9 Å². The van der Waals surface area contributed by atoms with Gasteiger partial charge in [0.2, 0.25) is 0 Å². The van der Waals surface area contributed by atoms with Crippen molar-refractivity contribution in [3.05, 3.63) is 17.5 Å². The van der Waals surface area contributed by atoms with Crippen LogP contribution in [0.25, 0.3) is 0 Å². The van der Waals surface area contributed by atoms with Crippen molar-refractivity contribution in [3.63, 3.8) is 0 Å². The Balaban J connectivity index is 0.000000720. The Morgan fingerprint density at radius 2 is 2.42 bits per heavy atom. The number of rotatable bonds is 0. The van der Waals surface area contributed by atoms with Crippen molar-refractivity contribution in [3.8, 4) is 0 Å². The van der Waals surface area contributed by atoms with Gasteiger partial charge in [-0.15, -0.1) is 12.4 Å². The van der Waals surface area contributed by atoms with Crippen LogP contribution in [-0.2, 0) is 13.5 Å². The van der Waals surface area contributed by atoms with Gasteiger partial charge >= 0.3 is 0 Å². The summed E-state index contributed by atoms with van der Waals surface area (Å²) in [6, 6.07) is 0.229. The minimum Gasteiger partial charge on any atom is -0.324 e. The monoisotopic (exact) mass is 187 g/mol. The Bertz CT molecular complexity index is 269. The number of nitrogens with zero attached hydrogens (tertiary/aromatic N) is 2. The fourth-order valence-corrected chi connectivity index (χ4v) is 1.70. The second-order valence-corrected chi connectivity index (χ2v) is 3.20. The van der Waals surface area contributed by atoms with Gasteiger partial charge in [-0.25, -0.2) is 0 Å². The van der Waals surface area contributed by atoms with Gasteiger partial charge in [0.1, 0.15) is 0 Å². The summed E-state index contributed by atoms with van der Waals surface area (Å²) in [6.07, 6.45) is 5.44. The Kier molecular flexibility index (Phi) is 2.75. The zero-order valence-corrected chi connectivity index (χ0v) is 7.97. The van der Waals surface area contributed by atoms with Crippen molar-refractivity contribution in [1.82, 2.24) is 9.78 Å². The quantitative estimate of drug-likeness (QED) is 0.663. The first kappa shape index (κ1) is 9.55. The van der Waals surface area contributed by atoms with Crippen LogP contribution in [0.4, 0.5) is 0 Å². The maximum atomic E-state index is 5.91. The van der Waals surface area contributed by atoms with Crippen LogP contribution in [0.15, 0.2) is 6.20 Å². The molecule has 1 atom stereocenters. The molecule has 0 aliphatic heterocycles. The fourth-order valence-electron chi connectivity index (χ4n) is 1.70. The molecule has 1 aliphatic carbocycles. The van der Waals surface area contributed by atoms with Crippen molar-refractivity contribution < 1.29 is 0 Å². The highest BCUT2D eigenvalue weighted by Gasteiger charge is 2.19. The molecule has 0 fully saturated rings. The van der Waals surface area contributed by atoms with E-state index in [1.54, 1.807) is 0 Å². The van der Waals surface area contributed by atoms with Crippen LogP contribution < -0.4 is 5.73 Å². The molecule has 0 saturated carbocycles. The van der Waals surface area contributed by atoms with Gasteiger partial charge in [-0.05, 0) is 19.3 Å². The molecule has 1 unspecified atom stereocenters. The lowest BCUT2D eigenvalue weighted by atomic mass is 9.94. The van der Waals surface area contributed by atoms with E-state index in [0.717, 1.165) is 12.8 Å². The van der Waals surface area contributed by atoms with Crippen LogP contribution >= 0.6 is 12.4 Å². The summed E-state index contributed by atoms with van der Waals surface area (Å²) in [5.41, 5.74) is 8.36. The van der Waals surface area contributed by atoms with E-state index < -0.39 is 0 Å². The molecule has 0 saturated heterocycles. The van der Waals surface area contributed by atoms with E-state index >= 15 is 0 Å². The Morgan fingerprint density at radius 3 is 3.08 bits per heavy atom. The molecule has 1 aliphatic rings. The van der Waals surface area contributed by atoms with Gasteiger partial charge in [-0.3, -0.25) is 4.68 Å². The molecule has 12 heavy (non-hydrogen) atoms. The lowest BCUT2D eigenvalue weighted by Crippen LogP contribution is -2.15. The standard InChI is InChI=1S/C8H13N3.ClH/c1-11-5-6-7(9)3-2-4-8(6)10-11;/h5,7H,2-4,9H2,1H3;1H. The van der Waals surface area contributed by atoms with Crippen molar-refractivity contribution >= 4 is 12.4 Å². The summed E-state index contributed by atoms with van der Waals surface area (Å²) < 4.78 is 1.86. The lowest BCUT2D eigenvalue weighted by Gasteiger charge is -2.15. The highest BCUT2D eigenvalue weighted by Crippen LogP contribution is 2.26. The third-order valence-corrected chi connectivity index (χ3v) is 2.27. The molecule has 68 valence electrons. The highest BCUT2D eigenvalue weighted by atomic mass is 35.5. The second-order valence-electron chi connectivity index (χ2n) is 3.20. The number of fused-ring (bicyclic) bond motifs is 1. The molecule has 2 rings (SSSR count). The number of aryl methyl sites for hydroxylation is 2. The Labute approximate surface area is 78.4 Å². The molecule has 0 bridgehead atoms. The number of aromatic nitrogens is 2. The van der Waals surface area contributed by atoms with Crippen molar-refractivity contribution in [2.24, 2.45) is 12.8 Å².